The predicted octanol–water partition coefficient (Wildman–Crippen LogP) is 20.5. The minimum absolute atomic E-state index is 0.0891. The number of hydrogen-bond donors (Lipinski definition) is 0. The molecule has 0 aromatic heterocycles. The molecule has 71 heavy (non-hydrogen) atoms. The summed E-state index contributed by atoms with van der Waals surface area (Å²) in [6.45, 7) is 6.50. The monoisotopic (exact) mass is 991 g/mol. The first-order chi connectivity index (χ1) is 35.0. The minimum atomic E-state index is -0.794. The van der Waals surface area contributed by atoms with Gasteiger partial charge in [-0.3, -0.25) is 14.4 Å². The van der Waals surface area contributed by atoms with E-state index >= 15 is 0 Å². The van der Waals surface area contributed by atoms with Gasteiger partial charge in [0.25, 0.3) is 0 Å². The van der Waals surface area contributed by atoms with Gasteiger partial charge in [-0.1, -0.05) is 293 Å². The van der Waals surface area contributed by atoms with Crippen LogP contribution < -0.4 is 0 Å². The zero-order valence-corrected chi connectivity index (χ0v) is 47.0. The van der Waals surface area contributed by atoms with E-state index in [1.54, 1.807) is 0 Å². The van der Waals surface area contributed by atoms with Crippen LogP contribution in [0.1, 0.15) is 303 Å². The molecule has 0 N–H and O–H groups in total. The maximum Gasteiger partial charge on any atom is 0.306 e. The molecule has 0 heterocycles. The van der Waals surface area contributed by atoms with E-state index in [1.165, 1.54) is 193 Å². The zero-order chi connectivity index (χ0) is 51.4. The number of carbonyl (C=O) groups is 3. The second-order valence-corrected chi connectivity index (χ2v) is 20.4. The average molecular weight is 992 g/mol. The Hall–Kier alpha value is -3.15. The van der Waals surface area contributed by atoms with Crippen LogP contribution in [-0.2, 0) is 28.6 Å². The summed E-state index contributed by atoms with van der Waals surface area (Å²) in [5.74, 6) is -0.922. The quantitative estimate of drug-likeness (QED) is 0.0199. The first-order valence-electron chi connectivity index (χ1n) is 30.5. The van der Waals surface area contributed by atoms with Gasteiger partial charge in [0.15, 0.2) is 6.10 Å². The van der Waals surface area contributed by atoms with Crippen molar-refractivity contribution >= 4 is 17.9 Å². The normalized spacial score (nSPS) is 12.5. The largest absolute Gasteiger partial charge is 0.462 e. The van der Waals surface area contributed by atoms with Gasteiger partial charge in [-0.05, 0) is 64.2 Å². The van der Waals surface area contributed by atoms with Crippen molar-refractivity contribution in [3.8, 4) is 0 Å². The van der Waals surface area contributed by atoms with Gasteiger partial charge in [0.05, 0.1) is 0 Å². The highest BCUT2D eigenvalue weighted by molar-refractivity contribution is 5.71. The molecule has 0 rings (SSSR count). The first kappa shape index (κ1) is 67.8. The van der Waals surface area contributed by atoms with E-state index in [2.05, 4.69) is 51.2 Å². The Morgan fingerprint density at radius 3 is 0.915 bits per heavy atom. The summed E-state index contributed by atoms with van der Waals surface area (Å²) in [5, 5.41) is 0. The fourth-order valence-corrected chi connectivity index (χ4v) is 8.75. The van der Waals surface area contributed by atoms with Crippen molar-refractivity contribution in [2.75, 3.05) is 13.2 Å². The molecule has 0 saturated carbocycles. The molecule has 0 aliphatic carbocycles. The van der Waals surface area contributed by atoms with Crippen molar-refractivity contribution in [3.63, 3.8) is 0 Å². The summed E-state index contributed by atoms with van der Waals surface area (Å²) in [6, 6.07) is 0. The number of carbonyl (C=O) groups excluding carboxylic acids is 3. The molecule has 0 aliphatic heterocycles. The molecular weight excluding hydrogens is 877 g/mol. The second kappa shape index (κ2) is 59.4. The molecule has 6 heteroatoms. The maximum atomic E-state index is 12.9. The Balaban J connectivity index is 4.40. The van der Waals surface area contributed by atoms with Crippen molar-refractivity contribution < 1.29 is 28.6 Å². The van der Waals surface area contributed by atoms with Gasteiger partial charge in [0.2, 0.25) is 0 Å². The van der Waals surface area contributed by atoms with Crippen LogP contribution in [0.15, 0.2) is 72.9 Å². The number of allylic oxidation sites excluding steroid dienone is 12. The third-order valence-electron chi connectivity index (χ3n) is 13.3. The van der Waals surface area contributed by atoms with Crippen molar-refractivity contribution in [3.05, 3.63) is 72.9 Å². The molecule has 6 nitrogen and oxygen atoms in total. The van der Waals surface area contributed by atoms with E-state index in [0.717, 1.165) is 70.6 Å². The van der Waals surface area contributed by atoms with Crippen LogP contribution in [0.25, 0.3) is 0 Å². The van der Waals surface area contributed by atoms with Crippen molar-refractivity contribution in [1.82, 2.24) is 0 Å². The highest BCUT2D eigenvalue weighted by Crippen LogP contribution is 2.17. The van der Waals surface area contributed by atoms with E-state index in [4.69, 9.17) is 14.2 Å². The SMILES string of the molecule is CC\C=C/C=C\C=C/C=C\C=C/CCCCCC(=O)OCC(COC(=O)CCCCCCCCC/C=C\CCCCCCCCCC)OC(=O)CCCCCCCCCCCCCCCCCCCCC. The summed E-state index contributed by atoms with van der Waals surface area (Å²) < 4.78 is 16.9. The second-order valence-electron chi connectivity index (χ2n) is 20.4. The number of hydrogen-bond acceptors (Lipinski definition) is 6. The highest BCUT2D eigenvalue weighted by Gasteiger charge is 2.19. The van der Waals surface area contributed by atoms with Crippen molar-refractivity contribution in [2.45, 2.75) is 309 Å². The van der Waals surface area contributed by atoms with E-state index in [0.29, 0.717) is 19.3 Å². The topological polar surface area (TPSA) is 78.9 Å². The summed E-state index contributed by atoms with van der Waals surface area (Å²) in [5.41, 5.74) is 0. The van der Waals surface area contributed by atoms with E-state index in [1.807, 2.05) is 42.5 Å². The van der Waals surface area contributed by atoms with Gasteiger partial charge in [-0.15, -0.1) is 0 Å². The molecule has 0 aromatic carbocycles. The van der Waals surface area contributed by atoms with E-state index in [-0.39, 0.29) is 31.1 Å². The Kier molecular flexibility index (Phi) is 56.8. The molecule has 0 bridgehead atoms. The molecule has 0 saturated heterocycles. The fourth-order valence-electron chi connectivity index (χ4n) is 8.75. The maximum absolute atomic E-state index is 12.9. The number of esters is 3. The smallest absolute Gasteiger partial charge is 0.306 e. The van der Waals surface area contributed by atoms with Crippen molar-refractivity contribution in [1.29, 1.82) is 0 Å². The summed E-state index contributed by atoms with van der Waals surface area (Å²) in [6.07, 6.45) is 76.2. The van der Waals surface area contributed by atoms with Gasteiger partial charge in [0, 0.05) is 19.3 Å². The third-order valence-corrected chi connectivity index (χ3v) is 13.3. The lowest BCUT2D eigenvalue weighted by atomic mass is 10.0. The van der Waals surface area contributed by atoms with Gasteiger partial charge in [-0.2, -0.15) is 0 Å². The highest BCUT2D eigenvalue weighted by atomic mass is 16.6. The van der Waals surface area contributed by atoms with Crippen LogP contribution in [0, 0.1) is 0 Å². The Morgan fingerprint density at radius 1 is 0.296 bits per heavy atom. The molecule has 0 amide bonds. The molecule has 1 unspecified atom stereocenters. The van der Waals surface area contributed by atoms with Crippen LogP contribution in [0.2, 0.25) is 0 Å². The standard InChI is InChI=1S/C65H114O6/c1-4-7-10-13-16-19-22-25-28-30-32-34-37-40-43-46-49-52-55-58-64(67)70-61-62(60-69-63(66)57-54-51-48-45-42-39-36-27-24-21-18-15-12-9-6-3)71-65(68)59-56-53-50-47-44-41-38-35-33-31-29-26-23-20-17-14-11-8-5-2/h9,12,15,18,21,24,27,30,32,36,39,42,62H,4-8,10-11,13-14,16-17,19-20,22-23,25-26,28-29,31,33-35,37-38,40-41,43-61H2,1-3H3/b12-9-,18-15-,24-21-,32-30-,36-27-,42-39-. The molecule has 0 radical (unpaired) electrons. The van der Waals surface area contributed by atoms with E-state index < -0.39 is 6.10 Å². The molecule has 0 spiro atoms. The first-order valence-corrected chi connectivity index (χ1v) is 30.5. The molecule has 410 valence electrons. The average Bonchev–Trinajstić information content (AvgIpc) is 3.37. The fraction of sp³-hybridized carbons (Fsp3) is 0.769. The van der Waals surface area contributed by atoms with E-state index in [9.17, 15) is 14.4 Å². The third kappa shape index (κ3) is 57.6. The Morgan fingerprint density at radius 2 is 0.563 bits per heavy atom. The van der Waals surface area contributed by atoms with Gasteiger partial charge < -0.3 is 14.2 Å². The number of unbranched alkanes of at least 4 members (excludes halogenated alkanes) is 36. The number of ether oxygens (including phenoxy) is 3. The molecular formula is C65H114O6. The predicted molar refractivity (Wildman–Crippen MR) is 307 cm³/mol. The Bertz CT molecular complexity index is 1320. The van der Waals surface area contributed by atoms with Crippen LogP contribution in [0.3, 0.4) is 0 Å². The van der Waals surface area contributed by atoms with Gasteiger partial charge in [-0.25, -0.2) is 0 Å². The Labute approximate surface area is 440 Å². The molecule has 1 atom stereocenters. The van der Waals surface area contributed by atoms with Crippen LogP contribution in [-0.4, -0.2) is 37.2 Å². The zero-order valence-electron chi connectivity index (χ0n) is 47.0. The molecule has 0 aliphatic rings. The lowest BCUT2D eigenvalue weighted by Crippen LogP contribution is -2.30. The minimum Gasteiger partial charge on any atom is -0.462 e. The van der Waals surface area contributed by atoms with Crippen LogP contribution >= 0.6 is 0 Å². The molecule has 0 fully saturated rings. The number of rotatable bonds is 55. The van der Waals surface area contributed by atoms with Gasteiger partial charge in [0.1, 0.15) is 13.2 Å². The summed E-state index contributed by atoms with van der Waals surface area (Å²) >= 11 is 0. The summed E-state index contributed by atoms with van der Waals surface area (Å²) in [7, 11) is 0. The van der Waals surface area contributed by atoms with Crippen molar-refractivity contribution in [2.24, 2.45) is 0 Å². The lowest BCUT2D eigenvalue weighted by Gasteiger charge is -2.18. The van der Waals surface area contributed by atoms with Gasteiger partial charge >= 0.3 is 17.9 Å². The van der Waals surface area contributed by atoms with Crippen LogP contribution in [0.5, 0.6) is 0 Å². The summed E-state index contributed by atoms with van der Waals surface area (Å²) in [4.78, 5) is 38.2. The molecule has 0 aromatic rings. The van der Waals surface area contributed by atoms with Crippen LogP contribution in [0.4, 0.5) is 0 Å². The lowest BCUT2D eigenvalue weighted by molar-refractivity contribution is -0.167.